The van der Waals surface area contributed by atoms with E-state index in [-0.39, 0.29) is 11.2 Å². The summed E-state index contributed by atoms with van der Waals surface area (Å²) in [5.41, 5.74) is 0.441. The molecule has 0 aliphatic heterocycles. The summed E-state index contributed by atoms with van der Waals surface area (Å²) in [4.78, 5) is 8.49. The Balaban J connectivity index is 1.50. The average molecular weight is 434 g/mol. The molecule has 1 fully saturated rings. The van der Waals surface area contributed by atoms with E-state index in [4.69, 9.17) is 0 Å². The van der Waals surface area contributed by atoms with Crippen LogP contribution in [0.5, 0.6) is 0 Å². The second-order valence-electron chi connectivity index (χ2n) is 8.07. The van der Waals surface area contributed by atoms with Gasteiger partial charge in [0, 0.05) is 36.6 Å². The van der Waals surface area contributed by atoms with E-state index in [1.165, 1.54) is 10.5 Å². The molecule has 1 saturated carbocycles. The van der Waals surface area contributed by atoms with Gasteiger partial charge in [0.15, 0.2) is 5.65 Å². The minimum absolute atomic E-state index is 0.0842. The SMILES string of the molecule is FC(F)(F)c1c(-c2ccc3c(ccn3-c3ncccn3)c2)ccn2c(CC3CC3)nnc12. The fraction of sp³-hybridized carbons (Fsp3) is 0.217. The number of halogens is 3. The van der Waals surface area contributed by atoms with Gasteiger partial charge in [0.05, 0.1) is 5.52 Å². The van der Waals surface area contributed by atoms with Gasteiger partial charge >= 0.3 is 6.18 Å². The largest absolute Gasteiger partial charge is 0.420 e. The van der Waals surface area contributed by atoms with Crippen LogP contribution in [0.4, 0.5) is 13.2 Å². The number of nitrogens with zero attached hydrogens (tertiary/aromatic N) is 6. The van der Waals surface area contributed by atoms with Gasteiger partial charge in [0.25, 0.3) is 0 Å². The Morgan fingerprint density at radius 2 is 1.78 bits per heavy atom. The second-order valence-corrected chi connectivity index (χ2v) is 8.07. The molecule has 1 aromatic carbocycles. The van der Waals surface area contributed by atoms with Gasteiger partial charge in [-0.05, 0) is 60.2 Å². The van der Waals surface area contributed by atoms with Crippen LogP contribution in [0, 0.1) is 5.92 Å². The minimum Gasteiger partial charge on any atom is -0.286 e. The zero-order valence-corrected chi connectivity index (χ0v) is 16.8. The van der Waals surface area contributed by atoms with Crippen molar-refractivity contribution in [2.75, 3.05) is 0 Å². The maximum Gasteiger partial charge on any atom is 0.420 e. The molecule has 0 saturated heterocycles. The van der Waals surface area contributed by atoms with Crippen LogP contribution in [-0.4, -0.2) is 29.1 Å². The molecule has 4 aromatic heterocycles. The summed E-state index contributed by atoms with van der Waals surface area (Å²) in [7, 11) is 0. The van der Waals surface area contributed by atoms with E-state index in [1.54, 1.807) is 53.6 Å². The van der Waals surface area contributed by atoms with Gasteiger partial charge in [-0.2, -0.15) is 13.2 Å². The minimum atomic E-state index is -4.57. The molecule has 0 N–H and O–H groups in total. The number of rotatable bonds is 4. The summed E-state index contributed by atoms with van der Waals surface area (Å²) in [6.07, 6.45) is 5.00. The Kier molecular flexibility index (Phi) is 4.08. The third kappa shape index (κ3) is 3.12. The zero-order chi connectivity index (χ0) is 21.9. The van der Waals surface area contributed by atoms with Crippen molar-refractivity contribution in [1.82, 2.24) is 29.1 Å². The Morgan fingerprint density at radius 3 is 2.53 bits per heavy atom. The highest BCUT2D eigenvalue weighted by Crippen LogP contribution is 2.41. The normalized spacial score (nSPS) is 14.5. The molecule has 5 aromatic rings. The van der Waals surface area contributed by atoms with E-state index >= 15 is 0 Å². The summed E-state index contributed by atoms with van der Waals surface area (Å²) in [5.74, 6) is 1.57. The maximum atomic E-state index is 14.2. The van der Waals surface area contributed by atoms with Gasteiger partial charge in [-0.1, -0.05) is 6.07 Å². The molecule has 1 aliphatic carbocycles. The molecule has 0 unspecified atom stereocenters. The Hall–Kier alpha value is -3.75. The first-order valence-corrected chi connectivity index (χ1v) is 10.3. The highest BCUT2D eigenvalue weighted by atomic mass is 19.4. The highest BCUT2D eigenvalue weighted by molar-refractivity contribution is 5.88. The van der Waals surface area contributed by atoms with E-state index in [2.05, 4.69) is 20.2 Å². The maximum absolute atomic E-state index is 14.2. The smallest absolute Gasteiger partial charge is 0.286 e. The second kappa shape index (κ2) is 6.88. The van der Waals surface area contributed by atoms with Crippen molar-refractivity contribution in [3.8, 4) is 17.1 Å². The first-order chi connectivity index (χ1) is 15.5. The van der Waals surface area contributed by atoms with Crippen molar-refractivity contribution >= 4 is 16.6 Å². The van der Waals surface area contributed by atoms with E-state index in [1.807, 2.05) is 6.07 Å². The summed E-state index contributed by atoms with van der Waals surface area (Å²) in [6.45, 7) is 0. The van der Waals surface area contributed by atoms with Gasteiger partial charge in [0.2, 0.25) is 5.95 Å². The van der Waals surface area contributed by atoms with Crippen molar-refractivity contribution in [2.45, 2.75) is 25.4 Å². The van der Waals surface area contributed by atoms with Crippen LogP contribution in [0.25, 0.3) is 33.6 Å². The molecule has 160 valence electrons. The van der Waals surface area contributed by atoms with Gasteiger partial charge in [-0.25, -0.2) is 9.97 Å². The molecular weight excluding hydrogens is 417 g/mol. The number of alkyl halides is 3. The average Bonchev–Trinajstić information content (AvgIpc) is 3.36. The molecular formula is C23H17F3N6. The fourth-order valence-corrected chi connectivity index (χ4v) is 4.14. The van der Waals surface area contributed by atoms with Crippen LogP contribution in [0.1, 0.15) is 24.2 Å². The van der Waals surface area contributed by atoms with E-state index in [0.717, 1.165) is 23.7 Å². The topological polar surface area (TPSA) is 60.9 Å². The number of hydrogen-bond acceptors (Lipinski definition) is 4. The van der Waals surface area contributed by atoms with Crippen molar-refractivity contribution in [3.05, 3.63) is 72.6 Å². The number of pyridine rings is 1. The predicted octanol–water partition coefficient (Wildman–Crippen LogP) is 5.10. The molecule has 6 nitrogen and oxygen atoms in total. The number of fused-ring (bicyclic) bond motifs is 2. The standard InChI is InChI=1S/C23H17F3N6/c24-23(25,26)20-17(7-11-32-19(12-14-2-3-14)29-30-21(20)32)15-4-5-18-16(13-15)6-10-31(18)22-27-8-1-9-28-22/h1,4-11,13-14H,2-3,12H2. The highest BCUT2D eigenvalue weighted by Gasteiger charge is 2.38. The lowest BCUT2D eigenvalue weighted by Crippen LogP contribution is -2.11. The van der Waals surface area contributed by atoms with Gasteiger partial charge in [-0.3, -0.25) is 8.97 Å². The lowest BCUT2D eigenvalue weighted by Gasteiger charge is -2.14. The molecule has 0 radical (unpaired) electrons. The summed E-state index contributed by atoms with van der Waals surface area (Å²) < 4.78 is 45.8. The molecule has 0 atom stereocenters. The molecule has 1 aliphatic rings. The Morgan fingerprint density at radius 1 is 0.969 bits per heavy atom. The van der Waals surface area contributed by atoms with Crippen LogP contribution in [0.3, 0.4) is 0 Å². The third-order valence-electron chi connectivity index (χ3n) is 5.87. The van der Waals surface area contributed by atoms with E-state index in [0.29, 0.717) is 29.7 Å². The molecule has 4 heterocycles. The molecule has 0 bridgehead atoms. The van der Waals surface area contributed by atoms with Crippen molar-refractivity contribution in [3.63, 3.8) is 0 Å². The number of hydrogen-bond donors (Lipinski definition) is 0. The van der Waals surface area contributed by atoms with Crippen molar-refractivity contribution in [2.24, 2.45) is 5.92 Å². The quantitative estimate of drug-likeness (QED) is 0.395. The van der Waals surface area contributed by atoms with E-state index < -0.39 is 11.7 Å². The Labute approximate surface area is 180 Å². The van der Waals surface area contributed by atoms with Crippen LogP contribution in [-0.2, 0) is 12.6 Å². The summed E-state index contributed by atoms with van der Waals surface area (Å²) in [6, 6.07) is 10.3. The lowest BCUT2D eigenvalue weighted by molar-refractivity contribution is -0.136. The number of benzene rings is 1. The van der Waals surface area contributed by atoms with Crippen LogP contribution < -0.4 is 0 Å². The predicted molar refractivity (Wildman–Crippen MR) is 112 cm³/mol. The number of aromatic nitrogens is 6. The molecule has 6 rings (SSSR count). The summed E-state index contributed by atoms with van der Waals surface area (Å²) >= 11 is 0. The lowest BCUT2D eigenvalue weighted by atomic mass is 9.99. The molecule has 0 amide bonds. The zero-order valence-electron chi connectivity index (χ0n) is 16.8. The van der Waals surface area contributed by atoms with Gasteiger partial charge in [0.1, 0.15) is 11.4 Å². The molecule has 32 heavy (non-hydrogen) atoms. The van der Waals surface area contributed by atoms with E-state index in [9.17, 15) is 13.2 Å². The van der Waals surface area contributed by atoms with Crippen molar-refractivity contribution < 1.29 is 13.2 Å². The third-order valence-corrected chi connectivity index (χ3v) is 5.87. The summed E-state index contributed by atoms with van der Waals surface area (Å²) in [5, 5.41) is 8.79. The van der Waals surface area contributed by atoms with Gasteiger partial charge in [-0.15, -0.1) is 10.2 Å². The molecule has 9 heteroatoms. The van der Waals surface area contributed by atoms with Gasteiger partial charge < -0.3 is 0 Å². The monoisotopic (exact) mass is 434 g/mol. The first-order valence-electron chi connectivity index (χ1n) is 10.3. The van der Waals surface area contributed by atoms with Crippen LogP contribution in [0.15, 0.2) is 61.2 Å². The first kappa shape index (κ1) is 19.0. The van der Waals surface area contributed by atoms with Crippen molar-refractivity contribution in [1.29, 1.82) is 0 Å². The molecule has 0 spiro atoms. The van der Waals surface area contributed by atoms with Crippen LogP contribution in [0.2, 0.25) is 0 Å². The Bertz CT molecular complexity index is 1450. The fourth-order valence-electron chi connectivity index (χ4n) is 4.14. The van der Waals surface area contributed by atoms with Crippen LogP contribution >= 0.6 is 0 Å².